The molecule has 1 aromatic rings. The molecule has 0 aromatic carbocycles. The van der Waals surface area contributed by atoms with Gasteiger partial charge in [-0.2, -0.15) is 0 Å². The summed E-state index contributed by atoms with van der Waals surface area (Å²) in [6.07, 6.45) is 2.81. The topological polar surface area (TPSA) is 97.1 Å². The van der Waals surface area contributed by atoms with Crippen LogP contribution in [0.4, 0.5) is 0 Å². The Labute approximate surface area is 117 Å². The molecule has 1 unspecified atom stereocenters. The van der Waals surface area contributed by atoms with Crippen LogP contribution < -0.4 is 16.4 Å². The molecule has 0 saturated carbocycles. The number of nitrogens with two attached hydrogens (primary N) is 1. The third-order valence-electron chi connectivity index (χ3n) is 2.92. The summed E-state index contributed by atoms with van der Waals surface area (Å²) in [4.78, 5) is 26.9. The first-order valence-electron chi connectivity index (χ1n) is 6.41. The van der Waals surface area contributed by atoms with Gasteiger partial charge in [-0.25, -0.2) is 4.98 Å². The van der Waals surface area contributed by atoms with Gasteiger partial charge < -0.3 is 16.4 Å². The third kappa shape index (κ3) is 3.80. The Balaban J connectivity index is 1.87. The quantitative estimate of drug-likeness (QED) is 0.640. The predicted molar refractivity (Wildman–Crippen MR) is 73.7 cm³/mol. The van der Waals surface area contributed by atoms with Gasteiger partial charge in [-0.05, 0) is 18.6 Å². The number of carbonyl (C=O) groups excluding carboxylic acids is 2. The molecule has 0 spiro atoms. The van der Waals surface area contributed by atoms with E-state index in [4.69, 9.17) is 5.73 Å². The molecule has 0 bridgehead atoms. The van der Waals surface area contributed by atoms with Crippen molar-refractivity contribution in [2.45, 2.75) is 18.9 Å². The number of hydrogen-bond acceptors (Lipinski definition) is 4. The van der Waals surface area contributed by atoms with Crippen LogP contribution in [-0.2, 0) is 4.79 Å². The molecule has 20 heavy (non-hydrogen) atoms. The van der Waals surface area contributed by atoms with Crippen molar-refractivity contribution in [2.24, 2.45) is 5.73 Å². The van der Waals surface area contributed by atoms with Crippen molar-refractivity contribution in [3.63, 3.8) is 0 Å². The van der Waals surface area contributed by atoms with E-state index in [-0.39, 0.29) is 24.4 Å². The van der Waals surface area contributed by atoms with E-state index in [1.807, 2.05) is 0 Å². The molecule has 0 radical (unpaired) electrons. The highest BCUT2D eigenvalue weighted by atomic mass is 16.2. The molecule has 6 heteroatoms. The van der Waals surface area contributed by atoms with Crippen LogP contribution in [0.5, 0.6) is 0 Å². The molecule has 1 saturated heterocycles. The van der Waals surface area contributed by atoms with Gasteiger partial charge in [-0.1, -0.05) is 11.8 Å². The summed E-state index contributed by atoms with van der Waals surface area (Å²) < 4.78 is 0. The Morgan fingerprint density at radius 2 is 2.40 bits per heavy atom. The minimum Gasteiger partial charge on any atom is -0.352 e. The van der Waals surface area contributed by atoms with E-state index in [2.05, 4.69) is 27.5 Å². The van der Waals surface area contributed by atoms with Crippen LogP contribution in [-0.4, -0.2) is 35.9 Å². The molecule has 6 nitrogen and oxygen atoms in total. The van der Waals surface area contributed by atoms with Gasteiger partial charge >= 0.3 is 0 Å². The van der Waals surface area contributed by atoms with Gasteiger partial charge in [0.15, 0.2) is 0 Å². The maximum Gasteiger partial charge on any atom is 0.269 e. The van der Waals surface area contributed by atoms with Crippen molar-refractivity contribution in [3.8, 4) is 11.8 Å². The lowest BCUT2D eigenvalue weighted by Gasteiger charge is -2.10. The zero-order valence-corrected chi connectivity index (χ0v) is 11.0. The fourth-order valence-corrected chi connectivity index (χ4v) is 1.89. The Hall–Kier alpha value is -2.39. The van der Waals surface area contributed by atoms with Crippen LogP contribution in [0.3, 0.4) is 0 Å². The maximum atomic E-state index is 11.9. The fraction of sp³-hybridized carbons (Fsp3) is 0.357. The van der Waals surface area contributed by atoms with Crippen LogP contribution in [0.25, 0.3) is 0 Å². The normalized spacial score (nSPS) is 17.1. The van der Waals surface area contributed by atoms with Crippen LogP contribution in [0, 0.1) is 11.8 Å². The summed E-state index contributed by atoms with van der Waals surface area (Å²) >= 11 is 0. The number of amides is 2. The first kappa shape index (κ1) is 14.0. The van der Waals surface area contributed by atoms with Gasteiger partial charge in [-0.15, -0.1) is 0 Å². The highest BCUT2D eigenvalue weighted by Gasteiger charge is 2.21. The Bertz CT molecular complexity index is 557. The highest BCUT2D eigenvalue weighted by molar-refractivity contribution is 5.92. The third-order valence-corrected chi connectivity index (χ3v) is 2.92. The average Bonchev–Trinajstić information content (AvgIpc) is 2.89. The summed E-state index contributed by atoms with van der Waals surface area (Å²) in [5, 5.41) is 5.54. The van der Waals surface area contributed by atoms with Crippen LogP contribution >= 0.6 is 0 Å². The van der Waals surface area contributed by atoms with E-state index >= 15 is 0 Å². The molecular weight excluding hydrogens is 256 g/mol. The van der Waals surface area contributed by atoms with E-state index < -0.39 is 0 Å². The largest absolute Gasteiger partial charge is 0.352 e. The number of nitrogens with one attached hydrogen (secondary N) is 2. The molecule has 104 valence electrons. The van der Waals surface area contributed by atoms with Crippen molar-refractivity contribution >= 4 is 11.8 Å². The minimum absolute atomic E-state index is 0.0149. The van der Waals surface area contributed by atoms with Crippen molar-refractivity contribution < 1.29 is 9.59 Å². The average molecular weight is 272 g/mol. The van der Waals surface area contributed by atoms with Crippen LogP contribution in [0.15, 0.2) is 18.3 Å². The predicted octanol–water partition coefficient (Wildman–Crippen LogP) is -0.600. The van der Waals surface area contributed by atoms with Crippen molar-refractivity contribution in [2.75, 3.05) is 13.1 Å². The van der Waals surface area contributed by atoms with Gasteiger partial charge in [0.05, 0.1) is 6.54 Å². The Kier molecular flexibility index (Phi) is 4.69. The fourth-order valence-electron chi connectivity index (χ4n) is 1.89. The second-order valence-electron chi connectivity index (χ2n) is 4.45. The number of aromatic nitrogens is 1. The number of rotatable bonds is 3. The SMILES string of the molecule is NCC#Cc1ccc(C(=O)NCC2CCC(=O)N2)nc1. The zero-order valence-electron chi connectivity index (χ0n) is 11.0. The second kappa shape index (κ2) is 6.68. The second-order valence-corrected chi connectivity index (χ2v) is 4.45. The van der Waals surface area contributed by atoms with Crippen molar-refractivity contribution in [3.05, 3.63) is 29.6 Å². The number of nitrogens with zero attached hydrogens (tertiary/aromatic N) is 1. The molecule has 1 fully saturated rings. The lowest BCUT2D eigenvalue weighted by molar-refractivity contribution is -0.119. The lowest BCUT2D eigenvalue weighted by Crippen LogP contribution is -2.38. The van der Waals surface area contributed by atoms with Crippen LogP contribution in [0.2, 0.25) is 0 Å². The maximum absolute atomic E-state index is 11.9. The first-order chi connectivity index (χ1) is 9.69. The molecule has 1 aliphatic heterocycles. The Morgan fingerprint density at radius 1 is 1.55 bits per heavy atom. The molecule has 2 heterocycles. The van der Waals surface area contributed by atoms with Gasteiger partial charge in [0, 0.05) is 30.8 Å². The highest BCUT2D eigenvalue weighted by Crippen LogP contribution is 2.05. The van der Waals surface area contributed by atoms with E-state index in [1.54, 1.807) is 12.1 Å². The summed E-state index contributed by atoms with van der Waals surface area (Å²) in [6, 6.07) is 3.35. The summed E-state index contributed by atoms with van der Waals surface area (Å²) in [5.41, 5.74) is 6.32. The van der Waals surface area contributed by atoms with Gasteiger partial charge in [-0.3, -0.25) is 9.59 Å². The summed E-state index contributed by atoms with van der Waals surface area (Å²) in [7, 11) is 0. The monoisotopic (exact) mass is 272 g/mol. The number of pyridine rings is 1. The number of carbonyl (C=O) groups is 2. The van der Waals surface area contributed by atoms with E-state index in [0.717, 1.165) is 12.0 Å². The molecular formula is C14H16N4O2. The first-order valence-corrected chi connectivity index (χ1v) is 6.41. The lowest BCUT2D eigenvalue weighted by atomic mass is 10.2. The molecule has 1 aliphatic rings. The summed E-state index contributed by atoms with van der Waals surface area (Å²) in [5.74, 6) is 5.32. The van der Waals surface area contributed by atoms with E-state index in [9.17, 15) is 9.59 Å². The molecule has 0 aliphatic carbocycles. The van der Waals surface area contributed by atoms with Gasteiger partial charge in [0.2, 0.25) is 5.91 Å². The Morgan fingerprint density at radius 3 is 3.00 bits per heavy atom. The van der Waals surface area contributed by atoms with Crippen LogP contribution in [0.1, 0.15) is 28.9 Å². The standard InChI is InChI=1S/C14H16N4O2/c15-7-1-2-10-3-5-12(16-8-10)14(20)17-9-11-4-6-13(19)18-11/h3,5,8,11H,4,6-7,9,15H2,(H,17,20)(H,18,19). The molecule has 2 amide bonds. The minimum atomic E-state index is -0.260. The summed E-state index contributed by atoms with van der Waals surface area (Å²) in [6.45, 7) is 0.705. The van der Waals surface area contributed by atoms with Crippen molar-refractivity contribution in [1.82, 2.24) is 15.6 Å². The molecule has 2 rings (SSSR count). The smallest absolute Gasteiger partial charge is 0.269 e. The van der Waals surface area contributed by atoms with Crippen molar-refractivity contribution in [1.29, 1.82) is 0 Å². The van der Waals surface area contributed by atoms with Gasteiger partial charge in [0.1, 0.15) is 5.69 Å². The van der Waals surface area contributed by atoms with E-state index in [0.29, 0.717) is 18.7 Å². The van der Waals surface area contributed by atoms with Gasteiger partial charge in [0.25, 0.3) is 5.91 Å². The van der Waals surface area contributed by atoms with E-state index in [1.165, 1.54) is 6.20 Å². The molecule has 4 N–H and O–H groups in total. The number of hydrogen-bond donors (Lipinski definition) is 3. The molecule has 1 aromatic heterocycles. The zero-order chi connectivity index (χ0) is 14.4. The molecule has 1 atom stereocenters.